The topological polar surface area (TPSA) is 76.4 Å². The summed E-state index contributed by atoms with van der Waals surface area (Å²) in [4.78, 5) is 12.0. The molecule has 1 unspecified atom stereocenters. The first-order chi connectivity index (χ1) is 9.13. The molecule has 2 N–H and O–H groups in total. The summed E-state index contributed by atoms with van der Waals surface area (Å²) < 4.78 is 6.29. The van der Waals surface area contributed by atoms with Gasteiger partial charge in [-0.05, 0) is 6.42 Å². The van der Waals surface area contributed by atoms with Gasteiger partial charge in [0.05, 0.1) is 31.1 Å². The number of hydrogen-bond donors (Lipinski definition) is 2. The molecule has 0 amide bonds. The van der Waals surface area contributed by atoms with Crippen molar-refractivity contribution >= 4 is 17.3 Å². The smallest absolute Gasteiger partial charge is 0.287 e. The summed E-state index contributed by atoms with van der Waals surface area (Å²) in [6.45, 7) is 2.78. The van der Waals surface area contributed by atoms with Gasteiger partial charge in [-0.2, -0.15) is 5.10 Å². The van der Waals surface area contributed by atoms with E-state index in [2.05, 4.69) is 10.4 Å². The molecule has 0 aliphatic rings. The minimum Gasteiger partial charge on any atom is -0.394 e. The highest BCUT2D eigenvalue weighted by Crippen LogP contribution is 2.16. The van der Waals surface area contributed by atoms with Crippen molar-refractivity contribution in [3.63, 3.8) is 0 Å². The van der Waals surface area contributed by atoms with Crippen molar-refractivity contribution in [2.24, 2.45) is 0 Å². The number of aromatic nitrogens is 2. The molecule has 6 nitrogen and oxygen atoms in total. The molecule has 0 aliphatic carbocycles. The number of halogens is 1. The van der Waals surface area contributed by atoms with Crippen LogP contribution in [-0.2, 0) is 11.3 Å². The number of unbranched alkanes of at least 4 members (excludes halogenated alkanes) is 1. The van der Waals surface area contributed by atoms with Crippen molar-refractivity contribution in [1.29, 1.82) is 0 Å². The molecule has 0 bridgehead atoms. The van der Waals surface area contributed by atoms with E-state index in [4.69, 9.17) is 21.4 Å². The number of nitrogens with one attached hydrogen (secondary N) is 1. The first kappa shape index (κ1) is 15.9. The number of nitrogens with zero attached hydrogens (tertiary/aromatic N) is 2. The van der Waals surface area contributed by atoms with E-state index in [-0.39, 0.29) is 23.2 Å². The third kappa shape index (κ3) is 4.49. The summed E-state index contributed by atoms with van der Waals surface area (Å²) >= 11 is 6.02. The fraction of sp³-hybridized carbons (Fsp3) is 0.667. The van der Waals surface area contributed by atoms with Crippen LogP contribution < -0.4 is 10.9 Å². The predicted octanol–water partition coefficient (Wildman–Crippen LogP) is 1.12. The molecule has 1 aromatic rings. The first-order valence-corrected chi connectivity index (χ1v) is 6.63. The highest BCUT2D eigenvalue weighted by atomic mass is 35.5. The molecular formula is C12H20ClN3O3. The lowest BCUT2D eigenvalue weighted by atomic mass is 10.3. The second-order valence-corrected chi connectivity index (χ2v) is 4.61. The van der Waals surface area contributed by atoms with Gasteiger partial charge in [0.2, 0.25) is 0 Å². The molecule has 0 saturated carbocycles. The van der Waals surface area contributed by atoms with Crippen LogP contribution in [0, 0.1) is 0 Å². The molecule has 1 aromatic heterocycles. The van der Waals surface area contributed by atoms with Crippen molar-refractivity contribution in [3.05, 3.63) is 21.6 Å². The van der Waals surface area contributed by atoms with Crippen LogP contribution in [0.15, 0.2) is 11.0 Å². The molecule has 108 valence electrons. The van der Waals surface area contributed by atoms with Gasteiger partial charge < -0.3 is 15.2 Å². The van der Waals surface area contributed by atoms with Gasteiger partial charge in [-0.15, -0.1) is 0 Å². The highest BCUT2D eigenvalue weighted by molar-refractivity contribution is 6.32. The van der Waals surface area contributed by atoms with Crippen LogP contribution in [0.3, 0.4) is 0 Å². The predicted molar refractivity (Wildman–Crippen MR) is 74.8 cm³/mol. The van der Waals surface area contributed by atoms with E-state index in [1.165, 1.54) is 18.0 Å². The molecular weight excluding hydrogens is 270 g/mol. The Bertz CT molecular complexity index is 450. The van der Waals surface area contributed by atoms with Crippen LogP contribution >= 0.6 is 11.6 Å². The van der Waals surface area contributed by atoms with E-state index in [0.29, 0.717) is 18.8 Å². The second-order valence-electron chi connectivity index (χ2n) is 4.23. The van der Waals surface area contributed by atoms with E-state index in [1.54, 1.807) is 0 Å². The number of hydrogen-bond acceptors (Lipinski definition) is 5. The van der Waals surface area contributed by atoms with Crippen molar-refractivity contribution < 1.29 is 9.84 Å². The van der Waals surface area contributed by atoms with Gasteiger partial charge in [0, 0.05) is 13.7 Å². The number of aliphatic hydroxyl groups excluding tert-OH is 1. The standard InChI is InChI=1S/C12H20ClN3O3/c1-3-4-5-16-12(18)11(13)10(6-14-16)15-9(7-17)8-19-2/h6,9,15,17H,3-5,7-8H2,1-2H3. The number of aryl methyl sites for hydroxylation is 1. The molecule has 1 heterocycles. The summed E-state index contributed by atoms with van der Waals surface area (Å²) in [6, 6.07) is -0.324. The van der Waals surface area contributed by atoms with Gasteiger partial charge in [0.25, 0.3) is 5.56 Å². The molecule has 1 rings (SSSR count). The lowest BCUT2D eigenvalue weighted by Crippen LogP contribution is -2.31. The minimum atomic E-state index is -0.325. The van der Waals surface area contributed by atoms with Crippen molar-refractivity contribution in [1.82, 2.24) is 9.78 Å². The van der Waals surface area contributed by atoms with Gasteiger partial charge in [-0.25, -0.2) is 4.68 Å². The SMILES string of the molecule is CCCCn1ncc(NC(CO)COC)c(Cl)c1=O. The molecule has 0 radical (unpaired) electrons. The molecule has 0 aromatic carbocycles. The zero-order valence-electron chi connectivity index (χ0n) is 11.2. The summed E-state index contributed by atoms with van der Waals surface area (Å²) in [5, 5.41) is 16.2. The average molecular weight is 290 g/mol. The number of anilines is 1. The van der Waals surface area contributed by atoms with E-state index < -0.39 is 0 Å². The third-order valence-electron chi connectivity index (χ3n) is 2.66. The van der Waals surface area contributed by atoms with E-state index in [0.717, 1.165) is 12.8 Å². The van der Waals surface area contributed by atoms with Crippen LogP contribution in [-0.4, -0.2) is 41.3 Å². The maximum atomic E-state index is 12.0. The largest absolute Gasteiger partial charge is 0.394 e. The van der Waals surface area contributed by atoms with E-state index in [1.807, 2.05) is 6.92 Å². The Morgan fingerprint density at radius 1 is 1.63 bits per heavy atom. The molecule has 0 saturated heterocycles. The Balaban J connectivity index is 2.86. The monoisotopic (exact) mass is 289 g/mol. The number of methoxy groups -OCH3 is 1. The lowest BCUT2D eigenvalue weighted by molar-refractivity contribution is 0.153. The fourth-order valence-corrected chi connectivity index (χ4v) is 1.79. The first-order valence-electron chi connectivity index (χ1n) is 6.26. The highest BCUT2D eigenvalue weighted by Gasteiger charge is 2.13. The van der Waals surface area contributed by atoms with Crippen LogP contribution in [0.2, 0.25) is 5.02 Å². The lowest BCUT2D eigenvalue weighted by Gasteiger charge is -2.17. The number of ether oxygens (including phenoxy) is 1. The van der Waals surface area contributed by atoms with Gasteiger partial charge in [0.1, 0.15) is 5.02 Å². The number of aliphatic hydroxyl groups is 1. The van der Waals surface area contributed by atoms with Crippen LogP contribution in [0.5, 0.6) is 0 Å². The fourth-order valence-electron chi connectivity index (χ4n) is 1.59. The maximum Gasteiger partial charge on any atom is 0.287 e. The quantitative estimate of drug-likeness (QED) is 0.750. The third-order valence-corrected chi connectivity index (χ3v) is 3.02. The van der Waals surface area contributed by atoms with Gasteiger partial charge >= 0.3 is 0 Å². The van der Waals surface area contributed by atoms with Crippen LogP contribution in [0.4, 0.5) is 5.69 Å². The summed E-state index contributed by atoms with van der Waals surface area (Å²) in [7, 11) is 1.53. The zero-order valence-corrected chi connectivity index (χ0v) is 12.0. The van der Waals surface area contributed by atoms with Crippen LogP contribution in [0.25, 0.3) is 0 Å². The summed E-state index contributed by atoms with van der Waals surface area (Å²) in [5.74, 6) is 0. The van der Waals surface area contributed by atoms with Gasteiger partial charge in [-0.3, -0.25) is 4.79 Å². The minimum absolute atomic E-state index is 0.0839. The van der Waals surface area contributed by atoms with Gasteiger partial charge in [0.15, 0.2) is 0 Å². The molecule has 7 heteroatoms. The summed E-state index contributed by atoms with van der Waals surface area (Å²) in [5.41, 5.74) is 0.0877. The van der Waals surface area contributed by atoms with E-state index >= 15 is 0 Å². The van der Waals surface area contributed by atoms with Gasteiger partial charge in [-0.1, -0.05) is 24.9 Å². The Morgan fingerprint density at radius 2 is 2.37 bits per heavy atom. The van der Waals surface area contributed by atoms with Crippen molar-refractivity contribution in [3.8, 4) is 0 Å². The van der Waals surface area contributed by atoms with Crippen LogP contribution in [0.1, 0.15) is 19.8 Å². The average Bonchev–Trinajstić information content (AvgIpc) is 2.42. The van der Waals surface area contributed by atoms with Crippen molar-refractivity contribution in [2.45, 2.75) is 32.4 Å². The molecule has 0 aliphatic heterocycles. The second kappa shape index (κ2) is 8.14. The Kier molecular flexibility index (Phi) is 6.83. The Morgan fingerprint density at radius 3 is 2.95 bits per heavy atom. The number of rotatable bonds is 8. The Labute approximate surface area is 117 Å². The van der Waals surface area contributed by atoms with Crippen molar-refractivity contribution in [2.75, 3.05) is 25.6 Å². The summed E-state index contributed by atoms with van der Waals surface area (Å²) in [6.07, 6.45) is 3.35. The zero-order chi connectivity index (χ0) is 14.3. The maximum absolute atomic E-state index is 12.0. The molecule has 1 atom stereocenters. The van der Waals surface area contributed by atoms with E-state index in [9.17, 15) is 4.79 Å². The Hall–Kier alpha value is -1.11. The molecule has 19 heavy (non-hydrogen) atoms. The molecule has 0 spiro atoms. The normalized spacial score (nSPS) is 12.4. The molecule has 0 fully saturated rings.